The molecule has 37 heavy (non-hydrogen) atoms. The molecule has 1 fully saturated rings. The molecule has 4 heterocycles. The molecular formula is C27H33N7O2S. The van der Waals surface area contributed by atoms with Crippen LogP contribution < -0.4 is 21.3 Å². The number of piperazine rings is 1. The van der Waals surface area contributed by atoms with Crippen LogP contribution in [0.3, 0.4) is 0 Å². The van der Waals surface area contributed by atoms with Crippen molar-refractivity contribution in [3.63, 3.8) is 0 Å². The Kier molecular flexibility index (Phi) is 7.68. The minimum Gasteiger partial charge on any atom is -0.397 e. The molecule has 1 aliphatic rings. The van der Waals surface area contributed by atoms with Gasteiger partial charge in [-0.1, -0.05) is 6.07 Å². The zero-order valence-electron chi connectivity index (χ0n) is 21.3. The number of carbonyl (C=O) groups is 1. The molecule has 0 bridgehead atoms. The number of benzene rings is 1. The van der Waals surface area contributed by atoms with Gasteiger partial charge in [-0.3, -0.25) is 9.48 Å². The lowest BCUT2D eigenvalue weighted by Gasteiger charge is -2.31. The number of nitrogens with two attached hydrogens (primary N) is 1. The third-order valence-electron chi connectivity index (χ3n) is 6.63. The van der Waals surface area contributed by atoms with Crippen LogP contribution in [0, 0.1) is 6.92 Å². The molecule has 0 radical (unpaired) electrons. The summed E-state index contributed by atoms with van der Waals surface area (Å²) in [5, 5.41) is 11.8. The minimum atomic E-state index is -0.157. The van der Waals surface area contributed by atoms with Gasteiger partial charge in [0.1, 0.15) is 9.71 Å². The number of aromatic nitrogens is 3. The van der Waals surface area contributed by atoms with E-state index in [2.05, 4.69) is 50.0 Å². The Balaban J connectivity index is 1.32. The number of nitrogens with one attached hydrogen (secondary N) is 2. The fourth-order valence-corrected chi connectivity index (χ4v) is 5.68. The van der Waals surface area contributed by atoms with Crippen LogP contribution in [-0.4, -0.2) is 67.1 Å². The first-order chi connectivity index (χ1) is 18.0. The molecule has 10 heteroatoms. The van der Waals surface area contributed by atoms with Gasteiger partial charge in [0.25, 0.3) is 5.91 Å². The summed E-state index contributed by atoms with van der Waals surface area (Å²) >= 11 is 1.34. The lowest BCUT2D eigenvalue weighted by atomic mass is 10.0. The number of aryl methyl sites for hydroxylation is 1. The van der Waals surface area contributed by atoms with Crippen LogP contribution in [0.15, 0.2) is 42.7 Å². The summed E-state index contributed by atoms with van der Waals surface area (Å²) in [6.07, 6.45) is 4.70. The van der Waals surface area contributed by atoms with Gasteiger partial charge in [-0.05, 0) is 43.2 Å². The number of amides is 1. The Morgan fingerprint density at radius 3 is 2.89 bits per heavy atom. The van der Waals surface area contributed by atoms with E-state index in [4.69, 9.17) is 10.5 Å². The standard InChI is InChI=1S/C27H33N7O2S/c1-18-3-5-21-24(28)25(37-27(21)32-18)26(35)30-8-7-19-4-6-23(33-11-9-29-10-12-33)22(15-19)20-16-31-34(17-20)13-14-36-2/h3-6,15-17,29H,7-14,28H2,1-2H3,(H,30,35). The summed E-state index contributed by atoms with van der Waals surface area (Å²) in [6, 6.07) is 10.4. The molecule has 0 atom stereocenters. The molecule has 1 amide bonds. The van der Waals surface area contributed by atoms with Crippen molar-refractivity contribution in [3.8, 4) is 11.1 Å². The van der Waals surface area contributed by atoms with Crippen molar-refractivity contribution >= 4 is 38.8 Å². The maximum Gasteiger partial charge on any atom is 0.263 e. The number of nitrogens with zero attached hydrogens (tertiary/aromatic N) is 4. The van der Waals surface area contributed by atoms with Crippen molar-refractivity contribution in [2.45, 2.75) is 19.9 Å². The van der Waals surface area contributed by atoms with Crippen LogP contribution in [0.2, 0.25) is 0 Å². The van der Waals surface area contributed by atoms with E-state index in [0.29, 0.717) is 36.7 Å². The number of pyridine rings is 1. The number of hydrogen-bond donors (Lipinski definition) is 3. The lowest BCUT2D eigenvalue weighted by Crippen LogP contribution is -2.43. The van der Waals surface area contributed by atoms with Crippen molar-refractivity contribution in [1.29, 1.82) is 0 Å². The van der Waals surface area contributed by atoms with Gasteiger partial charge in [0, 0.05) is 73.9 Å². The van der Waals surface area contributed by atoms with Gasteiger partial charge in [0.05, 0.1) is 25.0 Å². The average molecular weight is 520 g/mol. The molecule has 0 aliphatic carbocycles. The van der Waals surface area contributed by atoms with Crippen molar-refractivity contribution in [2.24, 2.45) is 0 Å². The summed E-state index contributed by atoms with van der Waals surface area (Å²) in [5.74, 6) is -0.157. The first-order valence-electron chi connectivity index (χ1n) is 12.6. The second-order valence-electron chi connectivity index (χ2n) is 9.23. The van der Waals surface area contributed by atoms with E-state index in [-0.39, 0.29) is 5.91 Å². The smallest absolute Gasteiger partial charge is 0.263 e. The third-order valence-corrected chi connectivity index (χ3v) is 7.74. The normalized spacial score (nSPS) is 13.8. The van der Waals surface area contributed by atoms with Gasteiger partial charge >= 0.3 is 0 Å². The molecule has 0 spiro atoms. The summed E-state index contributed by atoms with van der Waals surface area (Å²) in [7, 11) is 1.70. The Labute approximate surface area is 220 Å². The molecule has 0 saturated carbocycles. The van der Waals surface area contributed by atoms with E-state index in [9.17, 15) is 4.79 Å². The predicted octanol–water partition coefficient (Wildman–Crippen LogP) is 3.08. The topological polar surface area (TPSA) is 110 Å². The lowest BCUT2D eigenvalue weighted by molar-refractivity contribution is 0.0959. The zero-order valence-corrected chi connectivity index (χ0v) is 22.1. The van der Waals surface area contributed by atoms with Gasteiger partial charge in [0.2, 0.25) is 0 Å². The Morgan fingerprint density at radius 1 is 1.24 bits per heavy atom. The average Bonchev–Trinajstić information content (AvgIpc) is 3.52. The quantitative estimate of drug-likeness (QED) is 0.312. The summed E-state index contributed by atoms with van der Waals surface area (Å²) < 4.78 is 7.12. The van der Waals surface area contributed by atoms with Crippen LogP contribution in [0.5, 0.6) is 0 Å². The fourth-order valence-electron chi connectivity index (χ4n) is 4.62. The largest absolute Gasteiger partial charge is 0.397 e. The van der Waals surface area contributed by atoms with Gasteiger partial charge in [-0.2, -0.15) is 5.10 Å². The van der Waals surface area contributed by atoms with Crippen LogP contribution in [-0.2, 0) is 17.7 Å². The highest BCUT2D eigenvalue weighted by molar-refractivity contribution is 7.21. The highest BCUT2D eigenvalue weighted by atomic mass is 32.1. The highest BCUT2D eigenvalue weighted by Crippen LogP contribution is 2.33. The van der Waals surface area contributed by atoms with E-state index in [1.54, 1.807) is 7.11 Å². The molecule has 1 aromatic carbocycles. The molecule has 1 saturated heterocycles. The van der Waals surface area contributed by atoms with Gasteiger partial charge in [-0.25, -0.2) is 4.98 Å². The molecule has 4 aromatic rings. The van der Waals surface area contributed by atoms with Crippen LogP contribution in [0.1, 0.15) is 20.9 Å². The van der Waals surface area contributed by atoms with Crippen LogP contribution >= 0.6 is 11.3 Å². The number of fused-ring (bicyclic) bond motifs is 1. The second-order valence-corrected chi connectivity index (χ2v) is 10.2. The monoisotopic (exact) mass is 519 g/mol. The van der Waals surface area contributed by atoms with Crippen molar-refractivity contribution in [2.75, 3.05) is 57.1 Å². The Bertz CT molecular complexity index is 1390. The SMILES string of the molecule is COCCn1cc(-c2cc(CCNC(=O)c3sc4nc(C)ccc4c3N)ccc2N2CCNCC2)cn1. The molecule has 9 nitrogen and oxygen atoms in total. The number of nitrogen functional groups attached to an aromatic ring is 1. The number of hydrogen-bond acceptors (Lipinski definition) is 8. The molecule has 3 aromatic heterocycles. The molecule has 5 rings (SSSR count). The zero-order chi connectivity index (χ0) is 25.8. The van der Waals surface area contributed by atoms with Crippen molar-refractivity contribution < 1.29 is 9.53 Å². The minimum absolute atomic E-state index is 0.157. The van der Waals surface area contributed by atoms with E-state index in [0.717, 1.165) is 58.8 Å². The molecule has 0 unspecified atom stereocenters. The number of ether oxygens (including phenoxy) is 1. The van der Waals surface area contributed by atoms with Crippen molar-refractivity contribution in [1.82, 2.24) is 25.4 Å². The van der Waals surface area contributed by atoms with Crippen molar-refractivity contribution in [3.05, 3.63) is 58.9 Å². The predicted molar refractivity (Wildman–Crippen MR) is 149 cm³/mol. The number of rotatable bonds is 9. The first kappa shape index (κ1) is 25.2. The van der Waals surface area contributed by atoms with E-state index >= 15 is 0 Å². The van der Waals surface area contributed by atoms with E-state index in [1.807, 2.05) is 29.9 Å². The molecule has 4 N–H and O–H groups in total. The number of methoxy groups -OCH3 is 1. The third kappa shape index (κ3) is 5.61. The summed E-state index contributed by atoms with van der Waals surface area (Å²) in [6.45, 7) is 7.63. The Morgan fingerprint density at radius 2 is 2.08 bits per heavy atom. The first-order valence-corrected chi connectivity index (χ1v) is 13.4. The Hall–Kier alpha value is -3.47. The molecular weight excluding hydrogens is 486 g/mol. The van der Waals surface area contributed by atoms with E-state index in [1.165, 1.54) is 17.0 Å². The number of carbonyl (C=O) groups excluding carboxylic acids is 1. The summed E-state index contributed by atoms with van der Waals surface area (Å²) in [5.41, 5.74) is 12.3. The van der Waals surface area contributed by atoms with Crippen LogP contribution in [0.25, 0.3) is 21.3 Å². The molecule has 1 aliphatic heterocycles. The van der Waals surface area contributed by atoms with Gasteiger partial charge < -0.3 is 26.0 Å². The molecule has 194 valence electrons. The maximum absolute atomic E-state index is 12.9. The second kappa shape index (κ2) is 11.3. The number of thiophene rings is 1. The fraction of sp³-hybridized carbons (Fsp3) is 0.370. The van der Waals surface area contributed by atoms with Crippen LogP contribution in [0.4, 0.5) is 11.4 Å². The van der Waals surface area contributed by atoms with Gasteiger partial charge in [-0.15, -0.1) is 11.3 Å². The number of anilines is 2. The summed E-state index contributed by atoms with van der Waals surface area (Å²) in [4.78, 5) is 21.1. The highest BCUT2D eigenvalue weighted by Gasteiger charge is 2.19. The maximum atomic E-state index is 12.9. The van der Waals surface area contributed by atoms with E-state index < -0.39 is 0 Å². The van der Waals surface area contributed by atoms with Gasteiger partial charge in [0.15, 0.2) is 0 Å².